The van der Waals surface area contributed by atoms with Crippen molar-refractivity contribution < 1.29 is 14.7 Å². The van der Waals surface area contributed by atoms with Gasteiger partial charge in [0.15, 0.2) is 0 Å². The van der Waals surface area contributed by atoms with Crippen molar-refractivity contribution in [1.29, 1.82) is 0 Å². The summed E-state index contributed by atoms with van der Waals surface area (Å²) in [6, 6.07) is -0.103. The van der Waals surface area contributed by atoms with Crippen molar-refractivity contribution in [3.63, 3.8) is 0 Å². The van der Waals surface area contributed by atoms with Crippen molar-refractivity contribution in [2.45, 2.75) is 70.3 Å². The molecule has 0 aromatic rings. The fourth-order valence-electron chi connectivity index (χ4n) is 3.68. The van der Waals surface area contributed by atoms with Crippen LogP contribution < -0.4 is 10.6 Å². The molecule has 0 unspecified atom stereocenters. The largest absolute Gasteiger partial charge is 0.390 e. The second-order valence-corrected chi connectivity index (χ2v) is 7.63. The number of nitrogens with zero attached hydrogens (tertiary/aromatic N) is 1. The topological polar surface area (TPSA) is 81.7 Å². The summed E-state index contributed by atoms with van der Waals surface area (Å²) in [5, 5.41) is 15.8. The van der Waals surface area contributed by atoms with Crippen LogP contribution in [0, 0.1) is 5.92 Å². The number of nitrogens with one attached hydrogen (secondary N) is 2. The van der Waals surface area contributed by atoms with Gasteiger partial charge in [0, 0.05) is 32.6 Å². The number of carbonyl (C=O) groups excluding carboxylic acids is 2. The van der Waals surface area contributed by atoms with E-state index in [0.29, 0.717) is 44.9 Å². The van der Waals surface area contributed by atoms with Gasteiger partial charge in [-0.25, -0.2) is 4.79 Å². The number of carbonyl (C=O) groups is 2. The first kappa shape index (κ1) is 19.0. The van der Waals surface area contributed by atoms with Crippen LogP contribution in [-0.4, -0.2) is 53.7 Å². The smallest absolute Gasteiger partial charge is 0.317 e. The van der Waals surface area contributed by atoms with E-state index in [1.54, 1.807) is 4.90 Å². The summed E-state index contributed by atoms with van der Waals surface area (Å²) in [6.07, 6.45) is 8.91. The number of likely N-dealkylation sites (tertiary alicyclic amines) is 1. The maximum atomic E-state index is 12.1. The van der Waals surface area contributed by atoms with Crippen molar-refractivity contribution in [3.05, 3.63) is 0 Å². The summed E-state index contributed by atoms with van der Waals surface area (Å²) in [5.41, 5.74) is -0.665. The van der Waals surface area contributed by atoms with Gasteiger partial charge in [0.25, 0.3) is 0 Å². The Morgan fingerprint density at radius 3 is 2.50 bits per heavy atom. The zero-order chi connectivity index (χ0) is 17.4. The third-order valence-electron chi connectivity index (χ3n) is 5.27. The minimum atomic E-state index is -0.665. The summed E-state index contributed by atoms with van der Waals surface area (Å²) in [4.78, 5) is 25.8. The van der Waals surface area contributed by atoms with Gasteiger partial charge in [0.05, 0.1) is 5.60 Å². The van der Waals surface area contributed by atoms with E-state index >= 15 is 0 Å². The van der Waals surface area contributed by atoms with Crippen molar-refractivity contribution in [1.82, 2.24) is 15.5 Å². The van der Waals surface area contributed by atoms with E-state index in [0.717, 1.165) is 12.8 Å². The Kier molecular flexibility index (Phi) is 7.34. The Hall–Kier alpha value is -1.30. The highest BCUT2D eigenvalue weighted by Gasteiger charge is 2.26. The van der Waals surface area contributed by atoms with Crippen LogP contribution in [0.2, 0.25) is 0 Å². The van der Waals surface area contributed by atoms with Crippen LogP contribution in [-0.2, 0) is 4.79 Å². The third kappa shape index (κ3) is 6.67. The van der Waals surface area contributed by atoms with Gasteiger partial charge in [-0.1, -0.05) is 19.3 Å². The van der Waals surface area contributed by atoms with Crippen molar-refractivity contribution in [3.8, 4) is 0 Å². The molecule has 6 heteroatoms. The Morgan fingerprint density at radius 1 is 1.04 bits per heavy atom. The van der Waals surface area contributed by atoms with Crippen molar-refractivity contribution in [2.24, 2.45) is 5.92 Å². The standard InChI is InChI=1S/C18H33N3O3/c1-18(24)8-5-12-21(13-9-18)17(23)20-11-10-19-16(22)14-15-6-3-2-4-7-15/h15,24H,2-14H2,1H3,(H,19,22)(H,20,23)/t18-/m0/s1. The molecule has 138 valence electrons. The zero-order valence-electron chi connectivity index (χ0n) is 15.0. The molecule has 0 bridgehead atoms. The molecule has 3 N–H and O–H groups in total. The van der Waals surface area contributed by atoms with E-state index in [1.807, 2.05) is 6.92 Å². The van der Waals surface area contributed by atoms with E-state index in [1.165, 1.54) is 32.1 Å². The number of hydrogen-bond acceptors (Lipinski definition) is 3. The number of aliphatic hydroxyl groups is 1. The summed E-state index contributed by atoms with van der Waals surface area (Å²) in [5.74, 6) is 0.639. The Bertz CT molecular complexity index is 420. The van der Waals surface area contributed by atoms with Crippen LogP contribution in [0.15, 0.2) is 0 Å². The molecular weight excluding hydrogens is 306 g/mol. The molecule has 1 saturated heterocycles. The van der Waals surface area contributed by atoms with Gasteiger partial charge in [-0.15, -0.1) is 0 Å². The highest BCUT2D eigenvalue weighted by atomic mass is 16.3. The molecule has 0 spiro atoms. The fraction of sp³-hybridized carbons (Fsp3) is 0.889. The molecule has 1 aliphatic heterocycles. The molecule has 3 amide bonds. The SMILES string of the molecule is C[C@]1(O)CCCN(C(=O)NCCNC(=O)CC2CCCCC2)CC1. The molecule has 1 aliphatic carbocycles. The normalized spacial score (nSPS) is 25.8. The first-order valence-electron chi connectivity index (χ1n) is 9.48. The van der Waals surface area contributed by atoms with Gasteiger partial charge in [-0.05, 0) is 44.9 Å². The lowest BCUT2D eigenvalue weighted by atomic mass is 9.87. The first-order chi connectivity index (χ1) is 11.5. The highest BCUT2D eigenvalue weighted by molar-refractivity contribution is 5.76. The van der Waals surface area contributed by atoms with E-state index < -0.39 is 5.60 Å². The molecule has 1 saturated carbocycles. The average molecular weight is 339 g/mol. The van der Waals surface area contributed by atoms with Crippen LogP contribution in [0.5, 0.6) is 0 Å². The second-order valence-electron chi connectivity index (χ2n) is 7.63. The van der Waals surface area contributed by atoms with Gasteiger partial charge in [-0.2, -0.15) is 0 Å². The first-order valence-corrected chi connectivity index (χ1v) is 9.48. The maximum Gasteiger partial charge on any atom is 0.317 e. The van der Waals surface area contributed by atoms with Crippen LogP contribution in [0.3, 0.4) is 0 Å². The summed E-state index contributed by atoms with van der Waals surface area (Å²) >= 11 is 0. The molecule has 2 aliphatic rings. The third-order valence-corrected chi connectivity index (χ3v) is 5.27. The predicted molar refractivity (Wildman–Crippen MR) is 93.6 cm³/mol. The lowest BCUT2D eigenvalue weighted by molar-refractivity contribution is -0.122. The lowest BCUT2D eigenvalue weighted by Crippen LogP contribution is -2.44. The van der Waals surface area contributed by atoms with Crippen LogP contribution in [0.4, 0.5) is 4.79 Å². The van der Waals surface area contributed by atoms with Gasteiger partial charge in [0.2, 0.25) is 5.91 Å². The maximum absolute atomic E-state index is 12.1. The molecule has 24 heavy (non-hydrogen) atoms. The second kappa shape index (κ2) is 9.25. The van der Waals surface area contributed by atoms with E-state index in [-0.39, 0.29) is 11.9 Å². The fourth-order valence-corrected chi connectivity index (χ4v) is 3.68. The van der Waals surface area contributed by atoms with E-state index in [4.69, 9.17) is 0 Å². The molecule has 0 aromatic heterocycles. The number of hydrogen-bond donors (Lipinski definition) is 3. The molecule has 0 aromatic carbocycles. The number of urea groups is 1. The highest BCUT2D eigenvalue weighted by Crippen LogP contribution is 2.26. The number of amides is 3. The quantitative estimate of drug-likeness (QED) is 0.670. The lowest BCUT2D eigenvalue weighted by Gasteiger charge is -2.23. The van der Waals surface area contributed by atoms with Gasteiger partial charge in [-0.3, -0.25) is 4.79 Å². The van der Waals surface area contributed by atoms with Gasteiger partial charge in [0.1, 0.15) is 0 Å². The monoisotopic (exact) mass is 339 g/mol. The zero-order valence-corrected chi connectivity index (χ0v) is 15.0. The molecule has 6 nitrogen and oxygen atoms in total. The predicted octanol–water partition coefficient (Wildman–Crippen LogP) is 2.02. The van der Waals surface area contributed by atoms with Gasteiger partial charge < -0.3 is 20.6 Å². The Morgan fingerprint density at radius 2 is 1.75 bits per heavy atom. The Labute approximate surface area is 145 Å². The van der Waals surface area contributed by atoms with Crippen LogP contribution in [0.1, 0.15) is 64.7 Å². The van der Waals surface area contributed by atoms with E-state index in [9.17, 15) is 14.7 Å². The number of rotatable bonds is 5. The molecule has 1 atom stereocenters. The summed E-state index contributed by atoms with van der Waals surface area (Å²) in [6.45, 7) is 4.00. The average Bonchev–Trinajstić information content (AvgIpc) is 2.73. The molecule has 0 radical (unpaired) electrons. The summed E-state index contributed by atoms with van der Waals surface area (Å²) in [7, 11) is 0. The van der Waals surface area contributed by atoms with Crippen molar-refractivity contribution >= 4 is 11.9 Å². The van der Waals surface area contributed by atoms with Crippen molar-refractivity contribution in [2.75, 3.05) is 26.2 Å². The molecule has 1 heterocycles. The summed E-state index contributed by atoms with van der Waals surface area (Å²) < 4.78 is 0. The minimum absolute atomic E-state index is 0.0990. The van der Waals surface area contributed by atoms with Crippen LogP contribution in [0.25, 0.3) is 0 Å². The Balaban J connectivity index is 1.57. The van der Waals surface area contributed by atoms with Crippen LogP contribution >= 0.6 is 0 Å². The van der Waals surface area contributed by atoms with Gasteiger partial charge >= 0.3 is 6.03 Å². The van der Waals surface area contributed by atoms with E-state index in [2.05, 4.69) is 10.6 Å². The molecular formula is C18H33N3O3. The minimum Gasteiger partial charge on any atom is -0.390 e. The molecule has 2 rings (SSSR count). The molecule has 2 fully saturated rings.